The Kier molecular flexibility index (Phi) is 8.76. The third-order valence-corrected chi connectivity index (χ3v) is 0.377. The predicted molar refractivity (Wildman–Crippen MR) is 23.8 cm³/mol. The third-order valence-electron chi connectivity index (χ3n) is 0.377. The topological polar surface area (TPSA) is 26.3 Å². The second-order valence-corrected chi connectivity index (χ2v) is 0.845. The Morgan fingerprint density at radius 1 is 1.88 bits per heavy atom. The van der Waals surface area contributed by atoms with Crippen molar-refractivity contribution in [3.05, 3.63) is 6.42 Å². The average Bonchev–Trinajstić information content (AvgIpc) is 1.68. The molecular weight excluding hydrogens is 99.0 g/mol. The summed E-state index contributed by atoms with van der Waals surface area (Å²) < 4.78 is 4.25. The van der Waals surface area contributed by atoms with Crippen molar-refractivity contribution in [2.45, 2.75) is 6.92 Å². The van der Waals surface area contributed by atoms with Crippen molar-refractivity contribution < 1.29 is 28.4 Å². The molecule has 0 atom stereocenters. The van der Waals surface area contributed by atoms with Crippen LogP contribution in [0.1, 0.15) is 6.92 Å². The summed E-state index contributed by atoms with van der Waals surface area (Å²) in [5.74, 6) is 0.849. The van der Waals surface area contributed by atoms with Gasteiger partial charge in [-0.2, -0.15) is 0 Å². The molecule has 0 N–H and O–H groups in total. The largest absolute Gasteiger partial charge is 1.00 e. The van der Waals surface area contributed by atoms with Gasteiger partial charge in [-0.15, -0.1) is 0 Å². The van der Waals surface area contributed by atoms with Crippen LogP contribution in [-0.2, 0) is 9.53 Å². The molecule has 0 aliphatic carbocycles. The summed E-state index contributed by atoms with van der Waals surface area (Å²) in [5.41, 5.74) is 0. The van der Waals surface area contributed by atoms with Crippen LogP contribution in [-0.4, -0.2) is 12.6 Å². The number of carbonyl (C=O) groups is 1. The first-order chi connectivity index (χ1) is 3.31. The van der Waals surface area contributed by atoms with Crippen LogP contribution in [0.4, 0.5) is 0 Å². The molecule has 3 heteroatoms. The van der Waals surface area contributed by atoms with Crippen LogP contribution in [0, 0.1) is 12.3 Å². The first kappa shape index (κ1) is 10.6. The van der Waals surface area contributed by atoms with E-state index >= 15 is 0 Å². The number of esters is 1. The van der Waals surface area contributed by atoms with Crippen LogP contribution >= 0.6 is 0 Å². The number of ether oxygens (including phenoxy) is 1. The Bertz CT molecular complexity index is 103. The molecule has 0 saturated carbocycles. The molecule has 38 valence electrons. The monoisotopic (exact) mass is 104 g/mol. The van der Waals surface area contributed by atoms with Gasteiger partial charge in [0.2, 0.25) is 5.97 Å². The van der Waals surface area contributed by atoms with E-state index in [1.165, 1.54) is 0 Å². The molecule has 0 saturated heterocycles. The SMILES string of the molecule is [C-]#CC(=O)OCC.[Li+]. The maximum absolute atomic E-state index is 9.89. The van der Waals surface area contributed by atoms with E-state index in [0.29, 0.717) is 6.61 Å². The van der Waals surface area contributed by atoms with Crippen molar-refractivity contribution in [1.82, 2.24) is 0 Å². The standard InChI is InChI=1S/C5H5O2.Li/c1-3-5(6)7-4-2;/h4H2,2H3;/q-1;+1. The molecule has 0 aromatic carbocycles. The van der Waals surface area contributed by atoms with Crippen LogP contribution in [0.5, 0.6) is 0 Å². The second-order valence-electron chi connectivity index (χ2n) is 0.845. The van der Waals surface area contributed by atoms with Crippen LogP contribution in [0.25, 0.3) is 0 Å². The molecule has 0 amide bonds. The molecule has 0 bridgehead atoms. The molecule has 0 aromatic heterocycles. The Labute approximate surface area is 60.8 Å². The molecule has 0 heterocycles. The molecule has 0 radical (unpaired) electrons. The molecule has 0 aliphatic rings. The van der Waals surface area contributed by atoms with E-state index in [4.69, 9.17) is 6.42 Å². The van der Waals surface area contributed by atoms with Gasteiger partial charge in [0.05, 0.1) is 6.61 Å². The average molecular weight is 104 g/mol. The van der Waals surface area contributed by atoms with Gasteiger partial charge in [0.1, 0.15) is 0 Å². The zero-order valence-corrected chi connectivity index (χ0v) is 5.02. The van der Waals surface area contributed by atoms with Gasteiger partial charge >= 0.3 is 18.9 Å². The molecule has 0 unspecified atom stereocenters. The van der Waals surface area contributed by atoms with E-state index in [0.717, 1.165) is 0 Å². The minimum Gasteiger partial charge on any atom is -0.542 e. The summed E-state index contributed by atoms with van der Waals surface area (Å²) in [7, 11) is 0. The quantitative estimate of drug-likeness (QED) is 0.155. The van der Waals surface area contributed by atoms with Gasteiger partial charge in [0.15, 0.2) is 0 Å². The van der Waals surface area contributed by atoms with E-state index in [1.54, 1.807) is 12.8 Å². The predicted octanol–water partition coefficient (Wildman–Crippen LogP) is -2.86. The fourth-order valence-electron chi connectivity index (χ4n) is 0.167. The zero-order chi connectivity index (χ0) is 5.70. The molecule has 0 aromatic rings. The van der Waals surface area contributed by atoms with E-state index < -0.39 is 5.97 Å². The van der Waals surface area contributed by atoms with Crippen molar-refractivity contribution in [3.63, 3.8) is 0 Å². The normalized spacial score (nSPS) is 6.00. The Balaban J connectivity index is 0. The van der Waals surface area contributed by atoms with Crippen molar-refractivity contribution >= 4 is 5.97 Å². The fourth-order valence-corrected chi connectivity index (χ4v) is 0.167. The minimum atomic E-state index is -0.706. The maximum atomic E-state index is 9.89. The molecule has 0 fully saturated rings. The van der Waals surface area contributed by atoms with Gasteiger partial charge in [-0.05, 0) is 6.92 Å². The first-order valence-electron chi connectivity index (χ1n) is 1.90. The summed E-state index contributed by atoms with van der Waals surface area (Å²) in [6.45, 7) is 1.99. The maximum Gasteiger partial charge on any atom is 1.00 e. The first-order valence-corrected chi connectivity index (χ1v) is 1.90. The minimum absolute atomic E-state index is 0. The van der Waals surface area contributed by atoms with Gasteiger partial charge in [-0.1, -0.05) is 0 Å². The van der Waals surface area contributed by atoms with Crippen LogP contribution in [0.15, 0.2) is 0 Å². The van der Waals surface area contributed by atoms with Crippen molar-refractivity contribution in [2.75, 3.05) is 6.61 Å². The third kappa shape index (κ3) is 5.63. The van der Waals surface area contributed by atoms with E-state index in [-0.39, 0.29) is 18.9 Å². The summed E-state index contributed by atoms with van der Waals surface area (Å²) in [6.07, 6.45) is 6.19. The summed E-state index contributed by atoms with van der Waals surface area (Å²) in [4.78, 5) is 9.89. The van der Waals surface area contributed by atoms with Gasteiger partial charge in [-0.25, -0.2) is 5.92 Å². The molecule has 0 aliphatic heterocycles. The molecule has 0 rings (SSSR count). The van der Waals surface area contributed by atoms with Crippen molar-refractivity contribution in [3.8, 4) is 5.92 Å². The number of hydrogen-bond acceptors (Lipinski definition) is 2. The Hall–Kier alpha value is -0.373. The van der Waals surface area contributed by atoms with Gasteiger partial charge in [0, 0.05) is 0 Å². The number of rotatable bonds is 1. The summed E-state index contributed by atoms with van der Waals surface area (Å²) >= 11 is 0. The van der Waals surface area contributed by atoms with Gasteiger partial charge in [0.25, 0.3) is 0 Å². The van der Waals surface area contributed by atoms with Crippen LogP contribution in [0.3, 0.4) is 0 Å². The van der Waals surface area contributed by atoms with Crippen molar-refractivity contribution in [1.29, 1.82) is 0 Å². The Morgan fingerprint density at radius 2 is 2.38 bits per heavy atom. The molecule has 8 heavy (non-hydrogen) atoms. The fraction of sp³-hybridized carbons (Fsp3) is 0.400. The van der Waals surface area contributed by atoms with E-state index in [9.17, 15) is 4.79 Å². The van der Waals surface area contributed by atoms with Crippen molar-refractivity contribution in [2.24, 2.45) is 0 Å². The van der Waals surface area contributed by atoms with E-state index in [1.807, 2.05) is 0 Å². The van der Waals surface area contributed by atoms with Gasteiger partial charge in [-0.3, -0.25) is 0 Å². The summed E-state index contributed by atoms with van der Waals surface area (Å²) in [6, 6.07) is 0. The van der Waals surface area contributed by atoms with Gasteiger partial charge < -0.3 is 16.0 Å². The number of hydrogen-bond donors (Lipinski definition) is 0. The zero-order valence-electron chi connectivity index (χ0n) is 5.02. The Morgan fingerprint density at radius 3 is 2.50 bits per heavy atom. The molecular formula is C5H5LiO2. The van der Waals surface area contributed by atoms with Crippen LogP contribution in [0.2, 0.25) is 0 Å². The van der Waals surface area contributed by atoms with E-state index in [2.05, 4.69) is 4.74 Å². The second kappa shape index (κ2) is 6.63. The molecule has 0 spiro atoms. The molecule has 2 nitrogen and oxygen atoms in total. The smallest absolute Gasteiger partial charge is 0.542 e. The van der Waals surface area contributed by atoms with Crippen LogP contribution < -0.4 is 18.9 Å². The summed E-state index contributed by atoms with van der Waals surface area (Å²) in [5, 5.41) is 0. The number of carbonyl (C=O) groups excluding carboxylic acids is 1.